The van der Waals surface area contributed by atoms with Crippen molar-refractivity contribution in [3.05, 3.63) is 29.8 Å². The molecule has 210 valence electrons. The van der Waals surface area contributed by atoms with Gasteiger partial charge in [-0.3, -0.25) is 4.79 Å². The van der Waals surface area contributed by atoms with Crippen molar-refractivity contribution in [2.45, 2.75) is 133 Å². The van der Waals surface area contributed by atoms with Gasteiger partial charge in [0.25, 0.3) is 0 Å². The quantitative estimate of drug-likeness (QED) is 0.210. The van der Waals surface area contributed by atoms with E-state index < -0.39 is 10.7 Å². The maximum atomic E-state index is 13.2. The van der Waals surface area contributed by atoms with Crippen LogP contribution in [0, 0.1) is 5.92 Å². The molecule has 1 aromatic carbocycles. The van der Waals surface area contributed by atoms with E-state index in [1.807, 2.05) is 30.9 Å². The first-order valence-electron chi connectivity index (χ1n) is 14.9. The molecule has 0 heterocycles. The van der Waals surface area contributed by atoms with Gasteiger partial charge in [0.15, 0.2) is 0 Å². The molecule has 0 bridgehead atoms. The fraction of sp³-hybridized carbons (Fsp3) is 0.742. The molecule has 0 atom stereocenters. The van der Waals surface area contributed by atoms with Crippen LogP contribution < -0.4 is 5.32 Å². The van der Waals surface area contributed by atoms with Crippen molar-refractivity contribution in [3.63, 3.8) is 0 Å². The molecular weight excluding hydrogens is 480 g/mol. The van der Waals surface area contributed by atoms with Crippen molar-refractivity contribution >= 4 is 23.8 Å². The first kappa shape index (κ1) is 31.5. The zero-order valence-corrected chi connectivity index (χ0v) is 24.7. The van der Waals surface area contributed by atoms with Gasteiger partial charge in [-0.2, -0.15) is 0 Å². The van der Waals surface area contributed by atoms with Crippen molar-refractivity contribution < 1.29 is 14.7 Å². The highest BCUT2D eigenvalue weighted by molar-refractivity contribution is 8.01. The Morgan fingerprint density at radius 3 is 2.11 bits per heavy atom. The van der Waals surface area contributed by atoms with E-state index in [2.05, 4.69) is 17.4 Å². The third-order valence-electron chi connectivity index (χ3n) is 7.72. The second-order valence-electron chi connectivity index (χ2n) is 11.1. The number of carbonyl (C=O) groups is 2. The summed E-state index contributed by atoms with van der Waals surface area (Å²) >= 11 is 1.36. The third-order valence-corrected chi connectivity index (χ3v) is 8.91. The normalized spacial score (nSPS) is 17.0. The van der Waals surface area contributed by atoms with E-state index in [1.165, 1.54) is 81.5 Å². The average molecular weight is 533 g/mol. The maximum Gasteiger partial charge on any atom is 0.319 e. The van der Waals surface area contributed by atoms with Crippen LogP contribution in [0.1, 0.15) is 117 Å². The van der Waals surface area contributed by atoms with Gasteiger partial charge in [0.05, 0.1) is 0 Å². The van der Waals surface area contributed by atoms with Crippen LogP contribution >= 0.6 is 11.8 Å². The zero-order chi connectivity index (χ0) is 27.1. The highest BCUT2D eigenvalue weighted by atomic mass is 32.2. The summed E-state index contributed by atoms with van der Waals surface area (Å²) in [5, 5.41) is 12.7. The lowest BCUT2D eigenvalue weighted by Gasteiger charge is -2.29. The number of aliphatic carboxylic acids is 1. The van der Waals surface area contributed by atoms with Gasteiger partial charge in [0.2, 0.25) is 0 Å². The molecule has 2 N–H and O–H groups in total. The minimum absolute atomic E-state index is 0.102. The smallest absolute Gasteiger partial charge is 0.319 e. The molecule has 2 amide bonds. The number of carboxylic acids is 1. The lowest BCUT2D eigenvalue weighted by atomic mass is 9.86. The number of urea groups is 1. The van der Waals surface area contributed by atoms with Crippen molar-refractivity contribution in [1.82, 2.24) is 10.2 Å². The summed E-state index contributed by atoms with van der Waals surface area (Å²) in [5.74, 6) is 0.0884. The van der Waals surface area contributed by atoms with Gasteiger partial charge in [-0.1, -0.05) is 90.2 Å². The second-order valence-corrected chi connectivity index (χ2v) is 12.8. The Balaban J connectivity index is 0.00000235. The van der Waals surface area contributed by atoms with Gasteiger partial charge in [-0.15, -0.1) is 11.8 Å². The number of unbranched alkanes of at least 4 members (excludes halogenated alkanes) is 1. The first-order chi connectivity index (χ1) is 17.8. The summed E-state index contributed by atoms with van der Waals surface area (Å²) in [6.07, 6.45) is 17.3. The first-order valence-corrected chi connectivity index (χ1v) is 15.7. The van der Waals surface area contributed by atoms with Crippen molar-refractivity contribution in [2.75, 3.05) is 13.1 Å². The van der Waals surface area contributed by atoms with Crippen LogP contribution in [0.15, 0.2) is 29.2 Å². The van der Waals surface area contributed by atoms with Gasteiger partial charge < -0.3 is 15.3 Å². The molecule has 0 saturated heterocycles. The van der Waals surface area contributed by atoms with Crippen molar-refractivity contribution in [1.29, 1.82) is 0 Å². The Labute approximate surface area is 230 Å². The van der Waals surface area contributed by atoms with Crippen molar-refractivity contribution in [2.24, 2.45) is 5.92 Å². The Bertz CT molecular complexity index is 784. The molecule has 0 radical (unpaired) electrons. The Kier molecular flexibility index (Phi) is 14.5. The van der Waals surface area contributed by atoms with Gasteiger partial charge in [0, 0.05) is 24.0 Å². The fourth-order valence-corrected chi connectivity index (χ4v) is 6.31. The monoisotopic (exact) mass is 532 g/mol. The number of amides is 2. The molecule has 5 nitrogen and oxygen atoms in total. The predicted molar refractivity (Wildman–Crippen MR) is 156 cm³/mol. The zero-order valence-electron chi connectivity index (χ0n) is 23.9. The van der Waals surface area contributed by atoms with Crippen LogP contribution in [0.5, 0.6) is 0 Å². The summed E-state index contributed by atoms with van der Waals surface area (Å²) < 4.78 is -0.854. The van der Waals surface area contributed by atoms with Crippen LogP contribution in [0.25, 0.3) is 0 Å². The number of thioether (sulfide) groups is 1. The Morgan fingerprint density at radius 2 is 1.51 bits per heavy atom. The third kappa shape index (κ3) is 11.7. The topological polar surface area (TPSA) is 69.6 Å². The molecule has 2 saturated carbocycles. The molecule has 0 aliphatic heterocycles. The predicted octanol–water partition coefficient (Wildman–Crippen LogP) is 8.31. The summed E-state index contributed by atoms with van der Waals surface area (Å²) in [5.41, 5.74) is 1.18. The van der Waals surface area contributed by atoms with Gasteiger partial charge in [0.1, 0.15) is 4.75 Å². The molecule has 2 aliphatic rings. The molecule has 2 fully saturated rings. The number of hydrogen-bond donors (Lipinski definition) is 2. The lowest BCUT2D eigenvalue weighted by molar-refractivity contribution is -0.138. The highest BCUT2D eigenvalue weighted by Crippen LogP contribution is 2.33. The molecule has 2 aliphatic carbocycles. The number of benzene rings is 1. The van der Waals surface area contributed by atoms with E-state index in [1.54, 1.807) is 13.8 Å². The van der Waals surface area contributed by atoms with E-state index >= 15 is 0 Å². The maximum absolute atomic E-state index is 13.2. The number of carbonyl (C=O) groups excluding carboxylic acids is 1. The van der Waals surface area contributed by atoms with Crippen molar-refractivity contribution in [3.8, 4) is 0 Å². The van der Waals surface area contributed by atoms with Gasteiger partial charge >= 0.3 is 12.0 Å². The molecule has 37 heavy (non-hydrogen) atoms. The molecule has 1 aromatic rings. The van der Waals surface area contributed by atoms with Gasteiger partial charge in [-0.25, -0.2) is 4.79 Å². The largest absolute Gasteiger partial charge is 0.480 e. The fourth-order valence-electron chi connectivity index (χ4n) is 5.37. The number of carboxylic acid groups (broad SMARTS) is 1. The van der Waals surface area contributed by atoms with E-state index in [0.717, 1.165) is 49.6 Å². The lowest BCUT2D eigenvalue weighted by Crippen LogP contribution is -2.46. The summed E-state index contributed by atoms with van der Waals surface area (Å²) in [4.78, 5) is 27.6. The number of nitrogens with one attached hydrogen (secondary N) is 1. The average Bonchev–Trinajstić information content (AvgIpc) is 2.91. The van der Waals surface area contributed by atoms with E-state index in [-0.39, 0.29) is 6.03 Å². The molecule has 6 heteroatoms. The molecule has 0 unspecified atom stereocenters. The summed E-state index contributed by atoms with van der Waals surface area (Å²) in [6.45, 7) is 9.00. The van der Waals surface area contributed by atoms with Crippen LogP contribution in [-0.2, 0) is 11.2 Å². The van der Waals surface area contributed by atoms with E-state index in [4.69, 9.17) is 0 Å². The van der Waals surface area contributed by atoms with Gasteiger partial charge in [-0.05, 0) is 63.1 Å². The molecule has 0 aromatic heterocycles. The summed E-state index contributed by atoms with van der Waals surface area (Å²) in [7, 11) is 0. The number of rotatable bonds is 12. The van der Waals surface area contributed by atoms with Crippen LogP contribution in [0.4, 0.5) is 4.79 Å². The minimum atomic E-state index is -0.854. The van der Waals surface area contributed by atoms with Crippen LogP contribution in [0.2, 0.25) is 0 Å². The highest BCUT2D eigenvalue weighted by Gasteiger charge is 2.28. The summed E-state index contributed by atoms with van der Waals surface area (Å²) in [6, 6.07) is 8.57. The molecule has 0 spiro atoms. The Hall–Kier alpha value is -1.69. The molecular formula is C31H52N2O3S. The minimum Gasteiger partial charge on any atom is -0.480 e. The molecule has 3 rings (SSSR count). The number of nitrogens with zero attached hydrogens (tertiary/aromatic N) is 1. The Morgan fingerprint density at radius 1 is 0.919 bits per heavy atom. The SMILES string of the molecule is CC.CC(C)(Sc1ccc(CCN(CCCCC2CCCCC2)C(=O)NC2CCCCC2)cc1)C(=O)O. The standard InChI is InChI=1S/C29H46N2O3S.C2H6/c1-29(2,27(32)33)35-26-18-16-24(17-19-26)20-22-31(28(34)30-25-14-7-4-8-15-25)21-10-9-13-23-11-5-3-6-12-23;1-2/h16-19,23,25H,3-15,20-22H2,1-2H3,(H,30,34)(H,32,33);1-2H3. The van der Waals surface area contributed by atoms with E-state index in [0.29, 0.717) is 6.04 Å². The van der Waals surface area contributed by atoms with E-state index in [9.17, 15) is 14.7 Å². The second kappa shape index (κ2) is 17.0. The van der Waals surface area contributed by atoms with Crippen LogP contribution in [-0.4, -0.2) is 45.9 Å². The van der Waals surface area contributed by atoms with Crippen LogP contribution in [0.3, 0.4) is 0 Å². The number of hydrogen-bond acceptors (Lipinski definition) is 3.